The zero-order valence-electron chi connectivity index (χ0n) is 9.74. The highest BCUT2D eigenvalue weighted by molar-refractivity contribution is 6.38. The summed E-state index contributed by atoms with van der Waals surface area (Å²) in [5, 5.41) is 2.85. The lowest BCUT2D eigenvalue weighted by molar-refractivity contribution is 0.0600. The van der Waals surface area contributed by atoms with Crippen molar-refractivity contribution in [2.24, 2.45) is 0 Å². The van der Waals surface area contributed by atoms with Gasteiger partial charge in [-0.15, -0.1) is 0 Å². The van der Waals surface area contributed by atoms with Gasteiger partial charge in [0.2, 0.25) is 0 Å². The summed E-state index contributed by atoms with van der Waals surface area (Å²) in [6, 6.07) is 3.91. The molecule has 2 rings (SSSR count). The highest BCUT2D eigenvalue weighted by atomic mass is 35.5. The number of nitrogens with zero attached hydrogens (tertiary/aromatic N) is 1. The maximum Gasteiger partial charge on any atom is 0.337 e. The van der Waals surface area contributed by atoms with Crippen LogP contribution in [0.15, 0.2) is 23.0 Å². The summed E-state index contributed by atoms with van der Waals surface area (Å²) in [5.74, 6) is -0.400. The molecule has 0 saturated carbocycles. The molecule has 6 nitrogen and oxygen atoms in total. The normalized spacial score (nSPS) is 10.5. The van der Waals surface area contributed by atoms with Gasteiger partial charge in [-0.1, -0.05) is 23.2 Å². The third-order valence-electron chi connectivity index (χ3n) is 2.40. The molecule has 1 aromatic heterocycles. The number of carbonyl (C=O) groups excluding carboxylic acids is 1. The standard InChI is InChI=1S/C11H9Cl2N3O3/c1-19-11(18)5-2-6(12)10(7(13)3-5)16-9(17)4-8(14)15-16/h2-4,15H,14H2,1H3. The van der Waals surface area contributed by atoms with Crippen molar-refractivity contribution in [3.8, 4) is 5.69 Å². The van der Waals surface area contributed by atoms with Gasteiger partial charge in [-0.25, -0.2) is 9.48 Å². The fourth-order valence-corrected chi connectivity index (χ4v) is 2.25. The summed E-state index contributed by atoms with van der Waals surface area (Å²) in [6.07, 6.45) is 0. The Bertz CT molecular complexity index is 682. The van der Waals surface area contributed by atoms with Gasteiger partial charge in [0, 0.05) is 6.07 Å². The molecule has 100 valence electrons. The maximum atomic E-state index is 11.7. The minimum Gasteiger partial charge on any atom is -0.465 e. The number of anilines is 1. The third-order valence-corrected chi connectivity index (χ3v) is 2.98. The minimum atomic E-state index is -0.575. The number of H-pyrrole nitrogens is 1. The monoisotopic (exact) mass is 301 g/mol. The Morgan fingerprint density at radius 2 is 1.89 bits per heavy atom. The Hall–Kier alpha value is -1.92. The number of nitrogens with one attached hydrogen (secondary N) is 1. The van der Waals surface area contributed by atoms with E-state index in [1.165, 1.54) is 25.3 Å². The molecule has 0 unspecified atom stereocenters. The minimum absolute atomic E-state index is 0.122. The summed E-state index contributed by atoms with van der Waals surface area (Å²) < 4.78 is 5.67. The van der Waals surface area contributed by atoms with Crippen molar-refractivity contribution in [2.75, 3.05) is 12.8 Å². The van der Waals surface area contributed by atoms with Crippen LogP contribution in [0.4, 0.5) is 5.82 Å². The predicted octanol–water partition coefficient (Wildman–Crippen LogP) is 1.84. The average Bonchev–Trinajstić information content (AvgIpc) is 2.66. The molecule has 0 aliphatic rings. The number of aromatic nitrogens is 2. The second-order valence-electron chi connectivity index (χ2n) is 3.67. The number of halogens is 2. The molecule has 8 heteroatoms. The first kappa shape index (κ1) is 13.5. The number of benzene rings is 1. The molecule has 2 aromatic rings. The topological polar surface area (TPSA) is 90.1 Å². The predicted molar refractivity (Wildman–Crippen MR) is 72.2 cm³/mol. The molecule has 0 bridgehead atoms. The molecule has 1 heterocycles. The number of methoxy groups -OCH3 is 1. The van der Waals surface area contributed by atoms with Crippen molar-refractivity contribution in [1.82, 2.24) is 9.78 Å². The fourth-order valence-electron chi connectivity index (χ4n) is 1.59. The Labute approximate surface area is 117 Å². The van der Waals surface area contributed by atoms with Crippen LogP contribution in [0.3, 0.4) is 0 Å². The van der Waals surface area contributed by atoms with E-state index >= 15 is 0 Å². The van der Waals surface area contributed by atoms with E-state index in [0.29, 0.717) is 0 Å². The lowest BCUT2D eigenvalue weighted by atomic mass is 10.2. The summed E-state index contributed by atoms with van der Waals surface area (Å²) in [4.78, 5) is 23.1. The molecule has 19 heavy (non-hydrogen) atoms. The molecule has 0 radical (unpaired) electrons. The van der Waals surface area contributed by atoms with Crippen LogP contribution < -0.4 is 11.3 Å². The number of esters is 1. The van der Waals surface area contributed by atoms with Gasteiger partial charge < -0.3 is 10.5 Å². The second-order valence-corrected chi connectivity index (χ2v) is 4.48. The number of nitrogens with two attached hydrogens (primary N) is 1. The highest BCUT2D eigenvalue weighted by Crippen LogP contribution is 2.29. The quantitative estimate of drug-likeness (QED) is 0.828. The fraction of sp³-hybridized carbons (Fsp3) is 0.0909. The SMILES string of the molecule is COC(=O)c1cc(Cl)c(-n2[nH]c(N)cc2=O)c(Cl)c1. The summed E-state index contributed by atoms with van der Waals surface area (Å²) >= 11 is 12.1. The maximum absolute atomic E-state index is 11.7. The van der Waals surface area contributed by atoms with E-state index < -0.39 is 11.5 Å². The van der Waals surface area contributed by atoms with E-state index in [0.717, 1.165) is 4.68 Å². The molecule has 0 spiro atoms. The van der Waals surface area contributed by atoms with Gasteiger partial charge in [0.15, 0.2) is 0 Å². The molecular formula is C11H9Cl2N3O3. The molecular weight excluding hydrogens is 293 g/mol. The van der Waals surface area contributed by atoms with Crippen molar-refractivity contribution < 1.29 is 9.53 Å². The van der Waals surface area contributed by atoms with Gasteiger partial charge >= 0.3 is 5.97 Å². The third kappa shape index (κ3) is 2.45. The van der Waals surface area contributed by atoms with E-state index in [4.69, 9.17) is 28.9 Å². The van der Waals surface area contributed by atoms with Crippen LogP contribution in [-0.2, 0) is 4.74 Å². The smallest absolute Gasteiger partial charge is 0.337 e. The molecule has 0 saturated heterocycles. The van der Waals surface area contributed by atoms with Crippen LogP contribution in [0.5, 0.6) is 0 Å². The van der Waals surface area contributed by atoms with Gasteiger partial charge in [-0.3, -0.25) is 9.89 Å². The lowest BCUT2D eigenvalue weighted by Crippen LogP contribution is -2.15. The zero-order chi connectivity index (χ0) is 14.2. The number of aromatic amines is 1. The van der Waals surface area contributed by atoms with Crippen molar-refractivity contribution in [1.29, 1.82) is 0 Å². The van der Waals surface area contributed by atoms with Crippen LogP contribution in [0.25, 0.3) is 5.69 Å². The van der Waals surface area contributed by atoms with Gasteiger partial charge in [0.25, 0.3) is 5.56 Å². The Morgan fingerprint density at radius 3 is 2.32 bits per heavy atom. The summed E-state index contributed by atoms with van der Waals surface area (Å²) in [7, 11) is 1.24. The number of hydrogen-bond acceptors (Lipinski definition) is 4. The van der Waals surface area contributed by atoms with E-state index in [1.54, 1.807) is 0 Å². The van der Waals surface area contributed by atoms with Crippen LogP contribution in [0, 0.1) is 0 Å². The number of hydrogen-bond donors (Lipinski definition) is 2. The van der Waals surface area contributed by atoms with Crippen molar-refractivity contribution in [3.05, 3.63) is 44.2 Å². The molecule has 0 fully saturated rings. The first-order chi connectivity index (χ1) is 8.93. The van der Waals surface area contributed by atoms with E-state index in [-0.39, 0.29) is 27.1 Å². The molecule has 0 atom stereocenters. The first-order valence-electron chi connectivity index (χ1n) is 5.09. The van der Waals surface area contributed by atoms with Gasteiger partial charge in [0.05, 0.1) is 22.7 Å². The average molecular weight is 302 g/mol. The van der Waals surface area contributed by atoms with Crippen molar-refractivity contribution >= 4 is 35.0 Å². The van der Waals surface area contributed by atoms with Crippen LogP contribution in [0.2, 0.25) is 10.0 Å². The van der Waals surface area contributed by atoms with Gasteiger partial charge in [0.1, 0.15) is 11.5 Å². The number of nitrogen functional groups attached to an aromatic ring is 1. The second kappa shape index (κ2) is 4.99. The van der Waals surface area contributed by atoms with E-state index in [1.807, 2.05) is 0 Å². The van der Waals surface area contributed by atoms with Gasteiger partial charge in [-0.2, -0.15) is 0 Å². The largest absolute Gasteiger partial charge is 0.465 e. The summed E-state index contributed by atoms with van der Waals surface area (Å²) in [5.41, 5.74) is 5.48. The first-order valence-corrected chi connectivity index (χ1v) is 5.85. The highest BCUT2D eigenvalue weighted by Gasteiger charge is 2.16. The number of rotatable bonds is 2. The number of carbonyl (C=O) groups is 1. The molecule has 0 amide bonds. The zero-order valence-corrected chi connectivity index (χ0v) is 11.2. The summed E-state index contributed by atoms with van der Waals surface area (Å²) in [6.45, 7) is 0. The molecule has 1 aromatic carbocycles. The van der Waals surface area contributed by atoms with Crippen molar-refractivity contribution in [2.45, 2.75) is 0 Å². The molecule has 3 N–H and O–H groups in total. The number of ether oxygens (including phenoxy) is 1. The lowest BCUT2D eigenvalue weighted by Gasteiger charge is -2.09. The van der Waals surface area contributed by atoms with Crippen molar-refractivity contribution in [3.63, 3.8) is 0 Å². The molecule has 0 aliphatic heterocycles. The van der Waals surface area contributed by atoms with E-state index in [2.05, 4.69) is 9.84 Å². The van der Waals surface area contributed by atoms with Crippen LogP contribution >= 0.6 is 23.2 Å². The van der Waals surface area contributed by atoms with Crippen LogP contribution in [0.1, 0.15) is 10.4 Å². The Balaban J connectivity index is 2.63. The Morgan fingerprint density at radius 1 is 1.32 bits per heavy atom. The molecule has 0 aliphatic carbocycles. The van der Waals surface area contributed by atoms with E-state index in [9.17, 15) is 9.59 Å². The van der Waals surface area contributed by atoms with Gasteiger partial charge in [-0.05, 0) is 12.1 Å². The van der Waals surface area contributed by atoms with Crippen LogP contribution in [-0.4, -0.2) is 22.9 Å². The Kier molecular flexibility index (Phi) is 3.55.